The summed E-state index contributed by atoms with van der Waals surface area (Å²) in [6.45, 7) is 1.63. The topological polar surface area (TPSA) is 20.3 Å². The zero-order chi connectivity index (χ0) is 10.6. The van der Waals surface area contributed by atoms with Gasteiger partial charge in [0.2, 0.25) is 5.91 Å². The minimum atomic E-state index is -0.561. The maximum Gasteiger partial charge on any atom is 0.245 e. The van der Waals surface area contributed by atoms with Crippen molar-refractivity contribution >= 4 is 34.8 Å². The smallest absolute Gasteiger partial charge is 0.245 e. The van der Waals surface area contributed by atoms with Crippen molar-refractivity contribution in [1.82, 2.24) is 0 Å². The van der Waals surface area contributed by atoms with E-state index >= 15 is 0 Å². The highest BCUT2D eigenvalue weighted by Gasteiger charge is 2.18. The summed E-state index contributed by atoms with van der Waals surface area (Å²) in [6.07, 6.45) is 0. The fourth-order valence-corrected chi connectivity index (χ4v) is 1.45. The first-order valence-corrected chi connectivity index (χ1v) is 5.20. The van der Waals surface area contributed by atoms with Crippen LogP contribution in [0.4, 0.5) is 5.69 Å². The van der Waals surface area contributed by atoms with Crippen molar-refractivity contribution in [2.75, 3.05) is 10.9 Å². The summed E-state index contributed by atoms with van der Waals surface area (Å²) >= 11 is 11.4. The van der Waals surface area contributed by atoms with Crippen LogP contribution in [0.1, 0.15) is 6.92 Å². The number of anilines is 1. The van der Waals surface area contributed by atoms with Crippen molar-refractivity contribution in [3.8, 4) is 0 Å². The number of halogens is 2. The summed E-state index contributed by atoms with van der Waals surface area (Å²) in [6, 6.07) is 9.33. The first-order chi connectivity index (χ1) is 6.66. The highest BCUT2D eigenvalue weighted by Crippen LogP contribution is 2.16. The maximum atomic E-state index is 11.6. The van der Waals surface area contributed by atoms with Gasteiger partial charge in [0, 0.05) is 5.69 Å². The van der Waals surface area contributed by atoms with E-state index in [9.17, 15) is 4.79 Å². The van der Waals surface area contributed by atoms with Crippen LogP contribution < -0.4 is 4.90 Å². The summed E-state index contributed by atoms with van der Waals surface area (Å²) in [7, 11) is 0. The van der Waals surface area contributed by atoms with Crippen molar-refractivity contribution in [1.29, 1.82) is 0 Å². The minimum Gasteiger partial charge on any atom is -0.297 e. The molecule has 0 saturated heterocycles. The molecule has 0 aliphatic rings. The molecule has 0 N–H and O–H groups in total. The number of hydrogen-bond acceptors (Lipinski definition) is 1. The normalized spacial score (nSPS) is 12.2. The van der Waals surface area contributed by atoms with E-state index in [1.807, 2.05) is 30.3 Å². The highest BCUT2D eigenvalue weighted by atomic mass is 35.5. The summed E-state index contributed by atoms with van der Waals surface area (Å²) in [5.41, 5.74) is 0.764. The van der Waals surface area contributed by atoms with Crippen molar-refractivity contribution in [2.45, 2.75) is 12.3 Å². The van der Waals surface area contributed by atoms with Gasteiger partial charge in [-0.2, -0.15) is 0 Å². The average Bonchev–Trinajstić information content (AvgIpc) is 2.20. The quantitative estimate of drug-likeness (QED) is 0.579. The minimum absolute atomic E-state index is 0.111. The van der Waals surface area contributed by atoms with Crippen LogP contribution in [0.5, 0.6) is 0 Å². The number of nitrogens with zero attached hydrogens (tertiary/aromatic N) is 1. The van der Waals surface area contributed by atoms with Gasteiger partial charge in [0.25, 0.3) is 0 Å². The third kappa shape index (κ3) is 2.63. The van der Waals surface area contributed by atoms with Gasteiger partial charge in [-0.05, 0) is 19.1 Å². The van der Waals surface area contributed by atoms with Crippen molar-refractivity contribution in [3.63, 3.8) is 0 Å². The Bertz CT molecular complexity index is 300. The second-order valence-electron chi connectivity index (χ2n) is 2.84. The van der Waals surface area contributed by atoms with Gasteiger partial charge in [-0.3, -0.25) is 9.69 Å². The molecule has 1 unspecified atom stereocenters. The van der Waals surface area contributed by atoms with E-state index in [0.29, 0.717) is 0 Å². The molecular weight excluding hydrogens is 221 g/mol. The molecule has 0 heterocycles. The zero-order valence-corrected chi connectivity index (χ0v) is 9.29. The number of amides is 1. The van der Waals surface area contributed by atoms with E-state index in [1.165, 1.54) is 4.90 Å². The molecule has 0 radical (unpaired) electrons. The molecule has 1 rings (SSSR count). The summed E-state index contributed by atoms with van der Waals surface area (Å²) in [5.74, 6) is -0.187. The summed E-state index contributed by atoms with van der Waals surface area (Å²) in [5, 5.41) is -0.561. The predicted octanol–water partition coefficient (Wildman–Crippen LogP) is 2.84. The molecule has 2 nitrogen and oxygen atoms in total. The van der Waals surface area contributed by atoms with Crippen LogP contribution >= 0.6 is 23.2 Å². The molecule has 1 aromatic rings. The molecule has 1 atom stereocenters. The molecule has 0 aliphatic heterocycles. The van der Waals surface area contributed by atoms with Crippen LogP contribution in [0.3, 0.4) is 0 Å². The lowest BCUT2D eigenvalue weighted by atomic mass is 10.3. The SMILES string of the molecule is CC(Cl)C(=O)N(CCl)c1ccccc1. The van der Waals surface area contributed by atoms with Crippen molar-refractivity contribution in [2.24, 2.45) is 0 Å². The average molecular weight is 232 g/mol. The number of carbonyl (C=O) groups excluding carboxylic acids is 1. The van der Waals surface area contributed by atoms with Gasteiger partial charge < -0.3 is 0 Å². The van der Waals surface area contributed by atoms with Crippen LogP contribution in [-0.2, 0) is 4.79 Å². The standard InChI is InChI=1S/C10H11Cl2NO/c1-8(12)10(14)13(7-11)9-5-3-2-4-6-9/h2-6,8H,7H2,1H3. The first kappa shape index (κ1) is 11.3. The highest BCUT2D eigenvalue weighted by molar-refractivity contribution is 6.33. The number of alkyl halides is 2. The largest absolute Gasteiger partial charge is 0.297 e. The molecule has 14 heavy (non-hydrogen) atoms. The van der Waals surface area contributed by atoms with E-state index in [2.05, 4.69) is 0 Å². The lowest BCUT2D eigenvalue weighted by Crippen LogP contribution is -2.34. The summed E-state index contributed by atoms with van der Waals surface area (Å²) in [4.78, 5) is 13.0. The Labute approximate surface area is 93.4 Å². The van der Waals surface area contributed by atoms with Crippen molar-refractivity contribution < 1.29 is 4.79 Å². The van der Waals surface area contributed by atoms with E-state index in [4.69, 9.17) is 23.2 Å². The number of rotatable bonds is 3. The van der Waals surface area contributed by atoms with E-state index in [1.54, 1.807) is 6.92 Å². The predicted molar refractivity (Wildman–Crippen MR) is 60.0 cm³/mol. The number of para-hydroxylation sites is 1. The van der Waals surface area contributed by atoms with Crippen LogP contribution in [0.25, 0.3) is 0 Å². The molecule has 0 saturated carbocycles. The van der Waals surface area contributed by atoms with E-state index in [0.717, 1.165) is 5.69 Å². The van der Waals surface area contributed by atoms with Gasteiger partial charge in [-0.1, -0.05) is 18.2 Å². The van der Waals surface area contributed by atoms with Gasteiger partial charge in [0.1, 0.15) is 11.4 Å². The fraction of sp³-hybridized carbons (Fsp3) is 0.300. The molecule has 0 aliphatic carbocycles. The lowest BCUT2D eigenvalue weighted by Gasteiger charge is -2.20. The monoisotopic (exact) mass is 231 g/mol. The zero-order valence-electron chi connectivity index (χ0n) is 7.78. The summed E-state index contributed by atoms with van der Waals surface area (Å²) < 4.78 is 0. The number of hydrogen-bond donors (Lipinski definition) is 0. The van der Waals surface area contributed by atoms with Crippen molar-refractivity contribution in [3.05, 3.63) is 30.3 Å². The van der Waals surface area contributed by atoms with E-state index in [-0.39, 0.29) is 11.9 Å². The Morgan fingerprint density at radius 1 is 1.43 bits per heavy atom. The number of benzene rings is 1. The Balaban J connectivity index is 2.88. The molecule has 1 amide bonds. The second-order valence-corrected chi connectivity index (χ2v) is 3.73. The molecule has 1 aromatic carbocycles. The first-order valence-electron chi connectivity index (χ1n) is 4.23. The van der Waals surface area contributed by atoms with E-state index < -0.39 is 5.38 Å². The lowest BCUT2D eigenvalue weighted by molar-refractivity contribution is -0.117. The van der Waals surface area contributed by atoms with Gasteiger partial charge in [-0.25, -0.2) is 0 Å². The Morgan fingerprint density at radius 3 is 2.43 bits per heavy atom. The fourth-order valence-electron chi connectivity index (χ4n) is 1.08. The Kier molecular flexibility index (Phi) is 4.23. The van der Waals surface area contributed by atoms with Crippen LogP contribution in [0, 0.1) is 0 Å². The second kappa shape index (κ2) is 5.23. The Hall–Kier alpha value is -0.730. The molecular formula is C10H11Cl2NO. The molecule has 0 aromatic heterocycles. The van der Waals surface area contributed by atoms with Gasteiger partial charge >= 0.3 is 0 Å². The van der Waals surface area contributed by atoms with Crippen LogP contribution in [0.2, 0.25) is 0 Å². The maximum absolute atomic E-state index is 11.6. The van der Waals surface area contributed by atoms with Crippen LogP contribution in [-0.4, -0.2) is 17.3 Å². The van der Waals surface area contributed by atoms with Gasteiger partial charge in [0.15, 0.2) is 0 Å². The third-order valence-corrected chi connectivity index (χ3v) is 2.22. The van der Waals surface area contributed by atoms with Gasteiger partial charge in [0.05, 0.1) is 0 Å². The molecule has 4 heteroatoms. The number of carbonyl (C=O) groups is 1. The molecule has 76 valence electrons. The molecule has 0 bridgehead atoms. The van der Waals surface area contributed by atoms with Gasteiger partial charge in [-0.15, -0.1) is 23.2 Å². The third-order valence-electron chi connectivity index (χ3n) is 1.79. The molecule has 0 spiro atoms. The molecule has 0 fully saturated rings. The van der Waals surface area contributed by atoms with Crippen LogP contribution in [0.15, 0.2) is 30.3 Å². The Morgan fingerprint density at radius 2 is 2.00 bits per heavy atom.